The number of aromatic nitrogens is 1. The Morgan fingerprint density at radius 1 is 1.39 bits per heavy atom. The smallest absolute Gasteiger partial charge is 0.345 e. The van der Waals surface area contributed by atoms with E-state index in [-0.39, 0.29) is 28.3 Å². The van der Waals surface area contributed by atoms with Crippen molar-refractivity contribution in [2.45, 2.75) is 12.5 Å². The fraction of sp³-hybridized carbons (Fsp3) is 0.125. The Morgan fingerprint density at radius 3 is 2.91 bits per heavy atom. The Morgan fingerprint density at radius 2 is 2.17 bits per heavy atom. The van der Waals surface area contributed by atoms with E-state index in [0.717, 1.165) is 0 Å². The average molecular weight is 334 g/mol. The van der Waals surface area contributed by atoms with Gasteiger partial charge in [-0.1, -0.05) is 28.9 Å². The van der Waals surface area contributed by atoms with Gasteiger partial charge in [-0.05, 0) is 18.2 Å². The lowest BCUT2D eigenvalue weighted by Gasteiger charge is -2.05. The molecule has 0 bridgehead atoms. The van der Waals surface area contributed by atoms with Crippen LogP contribution in [0.5, 0.6) is 5.75 Å². The highest BCUT2D eigenvalue weighted by Gasteiger charge is 2.33. The van der Waals surface area contributed by atoms with Crippen molar-refractivity contribution in [1.82, 2.24) is 5.16 Å². The molecule has 1 N–H and O–H groups in total. The molecule has 116 valence electrons. The van der Waals surface area contributed by atoms with E-state index in [9.17, 15) is 9.18 Å². The van der Waals surface area contributed by atoms with E-state index in [2.05, 4.69) is 5.16 Å². The summed E-state index contributed by atoms with van der Waals surface area (Å²) in [6, 6.07) is 7.88. The molecule has 23 heavy (non-hydrogen) atoms. The van der Waals surface area contributed by atoms with Gasteiger partial charge in [0.1, 0.15) is 22.3 Å². The number of rotatable bonds is 2. The highest BCUT2D eigenvalue weighted by molar-refractivity contribution is 6.37. The van der Waals surface area contributed by atoms with Gasteiger partial charge in [0.05, 0.1) is 5.39 Å². The number of carboxylic acids is 1. The molecule has 1 aliphatic heterocycles. The highest BCUT2D eigenvalue weighted by atomic mass is 35.5. The summed E-state index contributed by atoms with van der Waals surface area (Å²) in [6.45, 7) is 0. The fourth-order valence-electron chi connectivity index (χ4n) is 2.72. The van der Waals surface area contributed by atoms with Crippen LogP contribution in [0, 0.1) is 5.82 Å². The molecule has 0 saturated heterocycles. The number of hydrogen-bond acceptors (Lipinski definition) is 4. The lowest BCUT2D eigenvalue weighted by molar-refractivity contribution is -0.144. The van der Waals surface area contributed by atoms with E-state index >= 15 is 0 Å². The van der Waals surface area contributed by atoms with Crippen LogP contribution in [0.4, 0.5) is 4.39 Å². The van der Waals surface area contributed by atoms with Gasteiger partial charge in [0.15, 0.2) is 11.7 Å². The largest absolute Gasteiger partial charge is 0.478 e. The number of fused-ring (bicyclic) bond motifs is 2. The van der Waals surface area contributed by atoms with Crippen molar-refractivity contribution in [3.05, 3.63) is 46.7 Å². The summed E-state index contributed by atoms with van der Waals surface area (Å²) in [6.07, 6.45) is -0.804. The molecule has 3 aromatic rings. The van der Waals surface area contributed by atoms with Crippen molar-refractivity contribution in [3.63, 3.8) is 0 Å². The second-order valence-corrected chi connectivity index (χ2v) is 5.59. The van der Waals surface area contributed by atoms with Crippen LogP contribution in [0.15, 0.2) is 34.9 Å². The molecule has 4 rings (SSSR count). The molecule has 0 fully saturated rings. The first-order valence-electron chi connectivity index (χ1n) is 6.81. The maximum absolute atomic E-state index is 14.0. The summed E-state index contributed by atoms with van der Waals surface area (Å²) in [4.78, 5) is 11.1. The second kappa shape index (κ2) is 4.96. The SMILES string of the molecule is O=C(O)[C@H]1Cc2cc3c(-c4ccccc4F)noc3c(Cl)c2O1. The van der Waals surface area contributed by atoms with E-state index in [0.29, 0.717) is 16.6 Å². The number of carbonyl (C=O) groups is 1. The standard InChI is InChI=1S/C16H9ClFNO4/c17-12-14-7(6-11(22-14)16(20)21)5-9-13(19-23-15(9)12)8-3-1-2-4-10(8)18/h1-5,11H,6H2,(H,20,21)/t11-/m1/s1. The van der Waals surface area contributed by atoms with Crippen LogP contribution in [0.1, 0.15) is 5.56 Å². The molecular weight excluding hydrogens is 325 g/mol. The van der Waals surface area contributed by atoms with Crippen LogP contribution < -0.4 is 4.74 Å². The third kappa shape index (κ3) is 2.06. The Bertz CT molecular complexity index is 953. The van der Waals surface area contributed by atoms with Crippen LogP contribution in [-0.4, -0.2) is 22.3 Å². The molecule has 0 amide bonds. The zero-order valence-corrected chi connectivity index (χ0v) is 12.3. The van der Waals surface area contributed by atoms with Crippen LogP contribution in [-0.2, 0) is 11.2 Å². The van der Waals surface area contributed by atoms with Crippen molar-refractivity contribution in [3.8, 4) is 17.0 Å². The van der Waals surface area contributed by atoms with Gasteiger partial charge in [-0.3, -0.25) is 0 Å². The van der Waals surface area contributed by atoms with E-state index < -0.39 is 17.9 Å². The van der Waals surface area contributed by atoms with E-state index in [1.54, 1.807) is 24.3 Å². The fourth-order valence-corrected chi connectivity index (χ4v) is 3.02. The van der Waals surface area contributed by atoms with Crippen molar-refractivity contribution in [1.29, 1.82) is 0 Å². The maximum Gasteiger partial charge on any atom is 0.345 e. The predicted molar refractivity (Wildman–Crippen MR) is 80.2 cm³/mol. The molecule has 1 atom stereocenters. The Kier molecular flexibility index (Phi) is 3.02. The lowest BCUT2D eigenvalue weighted by Crippen LogP contribution is -2.24. The van der Waals surface area contributed by atoms with Gasteiger partial charge >= 0.3 is 5.97 Å². The van der Waals surface area contributed by atoms with E-state index in [1.165, 1.54) is 6.07 Å². The molecule has 5 nitrogen and oxygen atoms in total. The number of nitrogens with zero attached hydrogens (tertiary/aromatic N) is 1. The van der Waals surface area contributed by atoms with Crippen molar-refractivity contribution < 1.29 is 23.6 Å². The predicted octanol–water partition coefficient (Wildman–Crippen LogP) is 3.68. The molecule has 2 aromatic carbocycles. The number of aliphatic carboxylic acids is 1. The van der Waals surface area contributed by atoms with Gasteiger partial charge < -0.3 is 14.4 Å². The van der Waals surface area contributed by atoms with Crippen molar-refractivity contribution in [2.24, 2.45) is 0 Å². The lowest BCUT2D eigenvalue weighted by atomic mass is 10.0. The third-order valence-electron chi connectivity index (χ3n) is 3.81. The Labute approximate surface area is 134 Å². The van der Waals surface area contributed by atoms with Crippen molar-refractivity contribution >= 4 is 28.5 Å². The molecule has 0 radical (unpaired) electrons. The quantitative estimate of drug-likeness (QED) is 0.774. The summed E-state index contributed by atoms with van der Waals surface area (Å²) >= 11 is 6.25. The molecular formula is C16H9ClFNO4. The molecule has 2 heterocycles. The second-order valence-electron chi connectivity index (χ2n) is 5.22. The third-order valence-corrected chi connectivity index (χ3v) is 4.15. The number of carboxylic acid groups (broad SMARTS) is 1. The van der Waals surface area contributed by atoms with Crippen LogP contribution in [0.2, 0.25) is 5.02 Å². The van der Waals surface area contributed by atoms with Gasteiger partial charge in [0.25, 0.3) is 0 Å². The molecule has 7 heteroatoms. The summed E-state index contributed by atoms with van der Waals surface area (Å²) in [5.41, 5.74) is 1.49. The summed E-state index contributed by atoms with van der Waals surface area (Å²) in [5.74, 6) is -1.22. The topological polar surface area (TPSA) is 72.6 Å². The van der Waals surface area contributed by atoms with Crippen LogP contribution in [0.3, 0.4) is 0 Å². The molecule has 0 aliphatic carbocycles. The minimum absolute atomic E-state index is 0.149. The summed E-state index contributed by atoms with van der Waals surface area (Å²) < 4.78 is 24.6. The first kappa shape index (κ1) is 14.0. The summed E-state index contributed by atoms with van der Waals surface area (Å²) in [5, 5.41) is 13.7. The van der Waals surface area contributed by atoms with E-state index in [4.69, 9.17) is 26.0 Å². The molecule has 1 aliphatic rings. The molecule has 0 unspecified atom stereocenters. The zero-order valence-electron chi connectivity index (χ0n) is 11.5. The first-order valence-corrected chi connectivity index (χ1v) is 7.19. The first-order chi connectivity index (χ1) is 11.1. The zero-order chi connectivity index (χ0) is 16.1. The highest BCUT2D eigenvalue weighted by Crippen LogP contribution is 2.44. The van der Waals surface area contributed by atoms with Gasteiger partial charge in [0, 0.05) is 17.5 Å². The van der Waals surface area contributed by atoms with E-state index in [1.807, 2.05) is 0 Å². The van der Waals surface area contributed by atoms with Crippen LogP contribution in [0.25, 0.3) is 22.2 Å². The van der Waals surface area contributed by atoms with Gasteiger partial charge in [-0.25, -0.2) is 9.18 Å². The molecule has 0 spiro atoms. The minimum atomic E-state index is -1.07. The van der Waals surface area contributed by atoms with Gasteiger partial charge in [-0.15, -0.1) is 0 Å². The van der Waals surface area contributed by atoms with Crippen molar-refractivity contribution in [2.75, 3.05) is 0 Å². The van der Waals surface area contributed by atoms with Crippen LogP contribution >= 0.6 is 11.6 Å². The number of halogens is 2. The monoisotopic (exact) mass is 333 g/mol. The molecule has 0 saturated carbocycles. The minimum Gasteiger partial charge on any atom is -0.478 e. The van der Waals surface area contributed by atoms with Gasteiger partial charge in [-0.2, -0.15) is 0 Å². The maximum atomic E-state index is 14.0. The number of hydrogen-bond donors (Lipinski definition) is 1. The Balaban J connectivity index is 1.92. The average Bonchev–Trinajstić information content (AvgIpc) is 3.13. The Hall–Kier alpha value is -2.60. The molecule has 1 aromatic heterocycles. The normalized spacial score (nSPS) is 16.3. The van der Waals surface area contributed by atoms with Gasteiger partial charge in [0.2, 0.25) is 0 Å². The number of ether oxygens (including phenoxy) is 1. The summed E-state index contributed by atoms with van der Waals surface area (Å²) in [7, 11) is 0. The number of benzene rings is 2.